The maximum atomic E-state index is 14.2. The number of amides is 2. The number of nitrogens with zero attached hydrogens (tertiary/aromatic N) is 4. The van der Waals surface area contributed by atoms with Crippen LogP contribution in [0.1, 0.15) is 36.9 Å². The van der Waals surface area contributed by atoms with Gasteiger partial charge in [0.15, 0.2) is 4.96 Å². The van der Waals surface area contributed by atoms with E-state index in [1.165, 1.54) is 6.07 Å². The summed E-state index contributed by atoms with van der Waals surface area (Å²) in [4.78, 5) is 34.5. The van der Waals surface area contributed by atoms with Crippen molar-refractivity contribution in [2.75, 3.05) is 13.1 Å². The minimum atomic E-state index is -0.278. The smallest absolute Gasteiger partial charge is 0.228 e. The lowest BCUT2D eigenvalue weighted by Gasteiger charge is -2.45. The van der Waals surface area contributed by atoms with E-state index in [1.54, 1.807) is 29.5 Å². The number of imidazole rings is 1. The number of carbonyl (C=O) groups excluding carboxylic acids is 2. The molecule has 0 N–H and O–H groups in total. The van der Waals surface area contributed by atoms with Crippen LogP contribution in [0.15, 0.2) is 42.0 Å². The van der Waals surface area contributed by atoms with E-state index in [0.717, 1.165) is 29.9 Å². The number of benzene rings is 1. The number of rotatable bonds is 4. The molecule has 2 amide bonds. The number of piperidine rings is 1. The van der Waals surface area contributed by atoms with Gasteiger partial charge in [0.25, 0.3) is 0 Å². The van der Waals surface area contributed by atoms with Gasteiger partial charge in [-0.05, 0) is 25.3 Å². The first-order chi connectivity index (χ1) is 14.5. The molecule has 0 bridgehead atoms. The van der Waals surface area contributed by atoms with Crippen molar-refractivity contribution in [1.29, 1.82) is 0 Å². The molecule has 0 aliphatic carbocycles. The predicted octanol–water partition coefficient (Wildman–Crippen LogP) is 3.26. The van der Waals surface area contributed by atoms with Crippen LogP contribution in [-0.2, 0) is 22.6 Å². The van der Waals surface area contributed by atoms with Crippen molar-refractivity contribution in [2.24, 2.45) is 0 Å². The SMILES string of the molecule is O=C(Cc1cn2ccsc2n1)N1CCC2(CCC(=O)N2Cc2ccccc2F)CC1. The molecular formula is C22H23FN4O2S. The molecule has 2 aromatic heterocycles. The van der Waals surface area contributed by atoms with Crippen LogP contribution in [0, 0.1) is 5.82 Å². The van der Waals surface area contributed by atoms with Crippen molar-refractivity contribution in [1.82, 2.24) is 19.2 Å². The van der Waals surface area contributed by atoms with Crippen LogP contribution < -0.4 is 0 Å². The second-order valence-electron chi connectivity index (χ2n) is 8.18. The Bertz CT molecular complexity index is 1070. The van der Waals surface area contributed by atoms with Crippen LogP contribution in [0.2, 0.25) is 0 Å². The number of thiazole rings is 1. The van der Waals surface area contributed by atoms with Crippen molar-refractivity contribution in [3.05, 3.63) is 59.1 Å². The third kappa shape index (κ3) is 3.39. The minimum Gasteiger partial charge on any atom is -0.342 e. The van der Waals surface area contributed by atoms with Gasteiger partial charge < -0.3 is 9.80 Å². The second-order valence-corrected chi connectivity index (χ2v) is 9.05. The summed E-state index contributed by atoms with van der Waals surface area (Å²) in [5, 5.41) is 1.97. The molecule has 0 unspecified atom stereocenters. The summed E-state index contributed by atoms with van der Waals surface area (Å²) in [5.41, 5.74) is 1.06. The molecular weight excluding hydrogens is 403 g/mol. The maximum absolute atomic E-state index is 14.2. The molecule has 156 valence electrons. The zero-order valence-electron chi connectivity index (χ0n) is 16.6. The van der Waals surface area contributed by atoms with Gasteiger partial charge in [0.05, 0.1) is 12.1 Å². The minimum absolute atomic E-state index is 0.0700. The number of halogens is 1. The van der Waals surface area contributed by atoms with Crippen LogP contribution in [-0.4, -0.2) is 49.6 Å². The molecule has 2 aliphatic heterocycles. The normalized spacial score (nSPS) is 18.6. The van der Waals surface area contributed by atoms with E-state index in [9.17, 15) is 14.0 Å². The average molecular weight is 427 g/mol. The third-order valence-electron chi connectivity index (χ3n) is 6.49. The quantitative estimate of drug-likeness (QED) is 0.644. The zero-order valence-corrected chi connectivity index (χ0v) is 17.4. The van der Waals surface area contributed by atoms with E-state index in [1.807, 2.05) is 32.0 Å². The Kier molecular flexibility index (Phi) is 4.81. The Morgan fingerprint density at radius 1 is 1.20 bits per heavy atom. The van der Waals surface area contributed by atoms with Gasteiger partial charge in [-0.25, -0.2) is 9.37 Å². The fourth-order valence-corrected chi connectivity index (χ4v) is 5.47. The number of hydrogen-bond donors (Lipinski definition) is 0. The Morgan fingerprint density at radius 2 is 2.00 bits per heavy atom. The first-order valence-corrected chi connectivity index (χ1v) is 11.1. The summed E-state index contributed by atoms with van der Waals surface area (Å²) >= 11 is 1.55. The van der Waals surface area contributed by atoms with Crippen molar-refractivity contribution in [3.8, 4) is 0 Å². The fourth-order valence-electron chi connectivity index (χ4n) is 4.75. The van der Waals surface area contributed by atoms with Crippen molar-refractivity contribution in [3.63, 3.8) is 0 Å². The highest BCUT2D eigenvalue weighted by Crippen LogP contribution is 2.40. The average Bonchev–Trinajstić information content (AvgIpc) is 3.40. The molecule has 4 heterocycles. The molecule has 2 fully saturated rings. The van der Waals surface area contributed by atoms with E-state index < -0.39 is 0 Å². The Balaban J connectivity index is 1.25. The molecule has 0 saturated carbocycles. The molecule has 30 heavy (non-hydrogen) atoms. The monoisotopic (exact) mass is 426 g/mol. The molecule has 0 radical (unpaired) electrons. The molecule has 5 rings (SSSR count). The summed E-state index contributed by atoms with van der Waals surface area (Å²) in [6.45, 7) is 1.52. The highest BCUT2D eigenvalue weighted by atomic mass is 32.1. The van der Waals surface area contributed by atoms with E-state index in [2.05, 4.69) is 4.98 Å². The molecule has 0 atom stereocenters. The molecule has 3 aromatic rings. The number of aromatic nitrogens is 2. The second kappa shape index (κ2) is 7.50. The number of hydrogen-bond acceptors (Lipinski definition) is 4. The maximum Gasteiger partial charge on any atom is 0.228 e. The van der Waals surface area contributed by atoms with E-state index in [-0.39, 0.29) is 23.2 Å². The van der Waals surface area contributed by atoms with Crippen molar-refractivity contribution in [2.45, 2.75) is 44.2 Å². The predicted molar refractivity (Wildman–Crippen MR) is 112 cm³/mol. The van der Waals surface area contributed by atoms with Crippen LogP contribution in [0.25, 0.3) is 4.96 Å². The molecule has 1 spiro atoms. The van der Waals surface area contributed by atoms with Crippen molar-refractivity contribution < 1.29 is 14.0 Å². The third-order valence-corrected chi connectivity index (χ3v) is 7.26. The summed E-state index contributed by atoms with van der Waals surface area (Å²) in [7, 11) is 0. The Morgan fingerprint density at radius 3 is 2.77 bits per heavy atom. The molecule has 1 aromatic carbocycles. The Hall–Kier alpha value is -2.74. The van der Waals surface area contributed by atoms with Gasteiger partial charge in [-0.1, -0.05) is 18.2 Å². The number of fused-ring (bicyclic) bond motifs is 1. The van der Waals surface area contributed by atoms with Crippen LogP contribution in [0.5, 0.6) is 0 Å². The lowest BCUT2D eigenvalue weighted by atomic mass is 9.84. The topological polar surface area (TPSA) is 57.9 Å². The van der Waals surface area contributed by atoms with Gasteiger partial charge in [0.1, 0.15) is 5.82 Å². The summed E-state index contributed by atoms with van der Waals surface area (Å²) < 4.78 is 16.1. The molecule has 8 heteroatoms. The summed E-state index contributed by atoms with van der Waals surface area (Å²) in [6.07, 6.45) is 6.87. The van der Waals surface area contributed by atoms with Gasteiger partial charge in [-0.2, -0.15) is 0 Å². The fraction of sp³-hybridized carbons (Fsp3) is 0.409. The first kappa shape index (κ1) is 19.2. The van der Waals surface area contributed by atoms with Gasteiger partial charge in [-0.3, -0.25) is 14.0 Å². The largest absolute Gasteiger partial charge is 0.342 e. The molecule has 2 aliphatic rings. The number of likely N-dealkylation sites (tertiary alicyclic amines) is 2. The summed E-state index contributed by atoms with van der Waals surface area (Å²) in [6, 6.07) is 6.63. The van der Waals surface area contributed by atoms with Crippen LogP contribution in [0.4, 0.5) is 4.39 Å². The Labute approximate surface area is 177 Å². The standard InChI is InChI=1S/C22H23FN4O2S/c23-18-4-2-1-3-16(18)14-27-19(28)5-6-22(27)7-9-25(10-8-22)20(29)13-17-15-26-11-12-30-21(26)24-17/h1-4,11-12,15H,5-10,13-14H2. The van der Waals surface area contributed by atoms with E-state index in [0.29, 0.717) is 38.0 Å². The zero-order chi connectivity index (χ0) is 20.7. The van der Waals surface area contributed by atoms with Gasteiger partial charge in [0.2, 0.25) is 11.8 Å². The van der Waals surface area contributed by atoms with Gasteiger partial charge in [0, 0.05) is 54.9 Å². The van der Waals surface area contributed by atoms with E-state index in [4.69, 9.17) is 0 Å². The highest BCUT2D eigenvalue weighted by Gasteiger charge is 2.47. The lowest BCUT2D eigenvalue weighted by Crippen LogP contribution is -2.54. The van der Waals surface area contributed by atoms with Crippen LogP contribution in [0.3, 0.4) is 0 Å². The van der Waals surface area contributed by atoms with Gasteiger partial charge >= 0.3 is 0 Å². The molecule has 2 saturated heterocycles. The van der Waals surface area contributed by atoms with E-state index >= 15 is 0 Å². The lowest BCUT2D eigenvalue weighted by molar-refractivity contribution is -0.136. The first-order valence-electron chi connectivity index (χ1n) is 10.3. The highest BCUT2D eigenvalue weighted by molar-refractivity contribution is 7.15. The van der Waals surface area contributed by atoms with Gasteiger partial charge in [-0.15, -0.1) is 11.3 Å². The summed E-state index contributed by atoms with van der Waals surface area (Å²) in [5.74, 6) is -0.128. The van der Waals surface area contributed by atoms with Crippen LogP contribution >= 0.6 is 11.3 Å². The molecule has 6 nitrogen and oxygen atoms in total. The van der Waals surface area contributed by atoms with Crippen molar-refractivity contribution >= 4 is 28.1 Å². The number of carbonyl (C=O) groups is 2.